The lowest BCUT2D eigenvalue weighted by Crippen LogP contribution is -2.47. The van der Waals surface area contributed by atoms with Crippen LogP contribution in [0.4, 0.5) is 4.39 Å². The highest BCUT2D eigenvalue weighted by Gasteiger charge is 2.26. The molecule has 1 heterocycles. The summed E-state index contributed by atoms with van der Waals surface area (Å²) in [6.45, 7) is 3.08. The molecule has 20 heavy (non-hydrogen) atoms. The summed E-state index contributed by atoms with van der Waals surface area (Å²) in [4.78, 5) is 14.3. The molecule has 3 nitrogen and oxygen atoms in total. The molecular formula is C16H21FN2O. The third kappa shape index (κ3) is 3.45. The summed E-state index contributed by atoms with van der Waals surface area (Å²) in [7, 11) is 0. The quantitative estimate of drug-likeness (QED) is 0.862. The second-order valence-electron chi connectivity index (χ2n) is 5.26. The maximum atomic E-state index is 12.9. The normalized spacial score (nSPS) is 20.1. The Hall–Kier alpha value is -1.68. The fraction of sp³-hybridized carbons (Fsp3) is 0.438. The summed E-state index contributed by atoms with van der Waals surface area (Å²) in [6, 6.07) is 6.28. The van der Waals surface area contributed by atoms with Crippen molar-refractivity contribution in [3.05, 3.63) is 41.2 Å². The third-order valence-electron chi connectivity index (χ3n) is 3.75. The smallest absolute Gasteiger partial charge is 0.249 e. The van der Waals surface area contributed by atoms with Gasteiger partial charge in [-0.2, -0.15) is 0 Å². The van der Waals surface area contributed by atoms with E-state index in [4.69, 9.17) is 5.73 Å². The molecule has 4 heteroatoms. The van der Waals surface area contributed by atoms with E-state index in [1.165, 1.54) is 12.1 Å². The number of hydrogen-bond donors (Lipinski definition) is 1. The average Bonchev–Trinajstić information content (AvgIpc) is 2.48. The number of amides is 1. The van der Waals surface area contributed by atoms with E-state index in [9.17, 15) is 9.18 Å². The van der Waals surface area contributed by atoms with Gasteiger partial charge in [0.1, 0.15) is 5.82 Å². The molecule has 0 bridgehead atoms. The Balaban J connectivity index is 2.12. The minimum Gasteiger partial charge on any atom is -0.335 e. The summed E-state index contributed by atoms with van der Waals surface area (Å²) in [5.74, 6) is -0.241. The van der Waals surface area contributed by atoms with Gasteiger partial charge in [-0.05, 0) is 50.0 Å². The fourth-order valence-electron chi connectivity index (χ4n) is 2.61. The van der Waals surface area contributed by atoms with Crippen LogP contribution in [0.1, 0.15) is 31.7 Å². The molecule has 0 radical (unpaired) electrons. The molecule has 0 aliphatic carbocycles. The molecule has 0 spiro atoms. The Morgan fingerprint density at radius 3 is 2.75 bits per heavy atom. The van der Waals surface area contributed by atoms with Crippen LogP contribution in [0.15, 0.2) is 29.8 Å². The van der Waals surface area contributed by atoms with E-state index >= 15 is 0 Å². The van der Waals surface area contributed by atoms with Crippen molar-refractivity contribution in [1.82, 2.24) is 4.90 Å². The van der Waals surface area contributed by atoms with Crippen LogP contribution in [0.5, 0.6) is 0 Å². The van der Waals surface area contributed by atoms with Crippen molar-refractivity contribution in [2.24, 2.45) is 5.73 Å². The maximum absolute atomic E-state index is 12.9. The van der Waals surface area contributed by atoms with E-state index in [1.807, 2.05) is 4.90 Å². The molecule has 1 aliphatic heterocycles. The largest absolute Gasteiger partial charge is 0.335 e. The van der Waals surface area contributed by atoms with E-state index in [2.05, 4.69) is 0 Å². The van der Waals surface area contributed by atoms with Gasteiger partial charge in [0.15, 0.2) is 0 Å². The van der Waals surface area contributed by atoms with Gasteiger partial charge >= 0.3 is 0 Å². The van der Waals surface area contributed by atoms with E-state index < -0.39 is 0 Å². The van der Waals surface area contributed by atoms with Gasteiger partial charge in [-0.25, -0.2) is 4.39 Å². The fourth-order valence-corrected chi connectivity index (χ4v) is 2.61. The number of benzene rings is 1. The van der Waals surface area contributed by atoms with E-state index in [-0.39, 0.29) is 17.8 Å². The summed E-state index contributed by atoms with van der Waals surface area (Å²) < 4.78 is 12.9. The molecule has 1 fully saturated rings. The predicted octanol–water partition coefficient (Wildman–Crippen LogP) is 2.57. The number of carbonyl (C=O) groups excluding carboxylic acids is 1. The first-order valence-electron chi connectivity index (χ1n) is 7.06. The monoisotopic (exact) mass is 276 g/mol. The molecule has 2 N–H and O–H groups in total. The number of piperidine rings is 1. The molecule has 108 valence electrons. The zero-order valence-electron chi connectivity index (χ0n) is 11.8. The number of nitrogens with two attached hydrogens (primary N) is 1. The number of likely N-dealkylation sites (tertiary alicyclic amines) is 1. The third-order valence-corrected chi connectivity index (χ3v) is 3.75. The van der Waals surface area contributed by atoms with Gasteiger partial charge in [0.05, 0.1) is 0 Å². The second kappa shape index (κ2) is 6.66. The first-order valence-corrected chi connectivity index (χ1v) is 7.06. The van der Waals surface area contributed by atoms with Crippen molar-refractivity contribution in [2.75, 3.05) is 13.1 Å². The van der Waals surface area contributed by atoms with Crippen LogP contribution in [0, 0.1) is 5.82 Å². The lowest BCUT2D eigenvalue weighted by Gasteiger charge is -2.35. The minimum atomic E-state index is -0.273. The molecule has 0 unspecified atom stereocenters. The second-order valence-corrected chi connectivity index (χ2v) is 5.26. The van der Waals surface area contributed by atoms with Crippen molar-refractivity contribution in [1.29, 1.82) is 0 Å². The van der Waals surface area contributed by atoms with Gasteiger partial charge in [0, 0.05) is 24.7 Å². The molecule has 0 saturated carbocycles. The lowest BCUT2D eigenvalue weighted by molar-refractivity contribution is -0.130. The van der Waals surface area contributed by atoms with E-state index in [0.717, 1.165) is 31.4 Å². The Labute approximate surface area is 119 Å². The van der Waals surface area contributed by atoms with Crippen molar-refractivity contribution < 1.29 is 9.18 Å². The van der Waals surface area contributed by atoms with Gasteiger partial charge < -0.3 is 10.6 Å². The van der Waals surface area contributed by atoms with Crippen LogP contribution < -0.4 is 5.73 Å². The van der Waals surface area contributed by atoms with Gasteiger partial charge in [-0.1, -0.05) is 12.1 Å². The lowest BCUT2D eigenvalue weighted by atomic mass is 10.0. The summed E-state index contributed by atoms with van der Waals surface area (Å²) in [5, 5.41) is 0. The molecule has 0 aromatic heterocycles. The molecule has 1 atom stereocenters. The molecule has 2 rings (SSSR count). The average molecular weight is 276 g/mol. The maximum Gasteiger partial charge on any atom is 0.249 e. The van der Waals surface area contributed by atoms with Crippen molar-refractivity contribution in [3.63, 3.8) is 0 Å². The molecular weight excluding hydrogens is 255 g/mol. The van der Waals surface area contributed by atoms with E-state index in [0.29, 0.717) is 12.1 Å². The van der Waals surface area contributed by atoms with E-state index in [1.54, 1.807) is 25.1 Å². The summed E-state index contributed by atoms with van der Waals surface area (Å²) >= 11 is 0. The Bertz CT molecular complexity index is 496. The predicted molar refractivity (Wildman–Crippen MR) is 78.5 cm³/mol. The first-order chi connectivity index (χ1) is 9.61. The van der Waals surface area contributed by atoms with Crippen LogP contribution in [-0.2, 0) is 4.79 Å². The Kier molecular flexibility index (Phi) is 4.90. The number of carbonyl (C=O) groups is 1. The zero-order chi connectivity index (χ0) is 14.5. The number of rotatable bonds is 3. The van der Waals surface area contributed by atoms with Crippen LogP contribution >= 0.6 is 0 Å². The van der Waals surface area contributed by atoms with Crippen molar-refractivity contribution in [2.45, 2.75) is 32.2 Å². The minimum absolute atomic E-state index is 0.0319. The molecule has 1 aromatic carbocycles. The molecule has 1 aromatic rings. The topological polar surface area (TPSA) is 46.3 Å². The van der Waals surface area contributed by atoms with Crippen LogP contribution in [0.25, 0.3) is 6.08 Å². The van der Waals surface area contributed by atoms with Gasteiger partial charge in [0.25, 0.3) is 0 Å². The molecule has 1 amide bonds. The highest BCUT2D eigenvalue weighted by Crippen LogP contribution is 2.19. The van der Waals surface area contributed by atoms with Crippen molar-refractivity contribution in [3.8, 4) is 0 Å². The SMILES string of the molecule is C/C(=C\c1ccc(F)cc1)C(=O)N1CCCC[C@H]1CN. The molecule has 1 aliphatic rings. The number of halogens is 1. The van der Waals surface area contributed by atoms with Crippen LogP contribution in [0.2, 0.25) is 0 Å². The first kappa shape index (κ1) is 14.7. The Morgan fingerprint density at radius 2 is 2.10 bits per heavy atom. The van der Waals surface area contributed by atoms with Gasteiger partial charge in [-0.15, -0.1) is 0 Å². The van der Waals surface area contributed by atoms with Gasteiger partial charge in [-0.3, -0.25) is 4.79 Å². The highest BCUT2D eigenvalue weighted by molar-refractivity contribution is 5.97. The standard InChI is InChI=1S/C16H21FN2O/c1-12(10-13-5-7-14(17)8-6-13)16(20)19-9-3-2-4-15(19)11-18/h5-8,10,15H,2-4,9,11,18H2,1H3/b12-10+/t15-/m0/s1. The van der Waals surface area contributed by atoms with Gasteiger partial charge in [0.2, 0.25) is 5.91 Å². The highest BCUT2D eigenvalue weighted by atomic mass is 19.1. The van der Waals surface area contributed by atoms with Crippen LogP contribution in [-0.4, -0.2) is 29.9 Å². The molecule has 1 saturated heterocycles. The number of nitrogens with zero attached hydrogens (tertiary/aromatic N) is 1. The Morgan fingerprint density at radius 1 is 1.40 bits per heavy atom. The summed E-state index contributed by atoms with van der Waals surface area (Å²) in [6.07, 6.45) is 4.94. The zero-order valence-corrected chi connectivity index (χ0v) is 11.8. The van der Waals surface area contributed by atoms with Crippen molar-refractivity contribution >= 4 is 12.0 Å². The summed E-state index contributed by atoms with van der Waals surface area (Å²) in [5.41, 5.74) is 7.24. The number of hydrogen-bond acceptors (Lipinski definition) is 2. The van der Waals surface area contributed by atoms with Crippen LogP contribution in [0.3, 0.4) is 0 Å².